The van der Waals surface area contributed by atoms with E-state index < -0.39 is 0 Å². The van der Waals surface area contributed by atoms with Crippen LogP contribution in [0.2, 0.25) is 0 Å². The van der Waals surface area contributed by atoms with Crippen LogP contribution in [-0.2, 0) is 11.3 Å². The van der Waals surface area contributed by atoms with E-state index in [2.05, 4.69) is 31.3 Å². The molecule has 1 heterocycles. The number of amides is 1. The Morgan fingerprint density at radius 1 is 1.32 bits per heavy atom. The molecule has 19 heavy (non-hydrogen) atoms. The Bertz CT molecular complexity index is 577. The van der Waals surface area contributed by atoms with Gasteiger partial charge in [0.25, 0.3) is 0 Å². The van der Waals surface area contributed by atoms with Gasteiger partial charge >= 0.3 is 0 Å². The van der Waals surface area contributed by atoms with E-state index in [9.17, 15) is 4.79 Å². The minimum Gasteiger partial charge on any atom is -0.326 e. The van der Waals surface area contributed by atoms with Crippen molar-refractivity contribution in [3.63, 3.8) is 0 Å². The average Bonchev–Trinajstić information content (AvgIpc) is 2.68. The average molecular weight is 323 g/mol. The fourth-order valence-electron chi connectivity index (χ4n) is 1.74. The second kappa shape index (κ2) is 5.97. The number of rotatable bonds is 4. The standard InChI is InChI=1S/C13H15BrN4O/c1-9-15-10(2)18(17-9)8-7-13(19)16-12-5-3-11(14)4-6-12/h3-6H,7-8H2,1-2H3,(H,16,19). The Balaban J connectivity index is 1.88. The van der Waals surface area contributed by atoms with Crippen molar-refractivity contribution in [2.24, 2.45) is 0 Å². The SMILES string of the molecule is Cc1nc(C)n(CCC(=O)Nc2ccc(Br)cc2)n1. The van der Waals surface area contributed by atoms with Gasteiger partial charge in [-0.1, -0.05) is 15.9 Å². The predicted molar refractivity (Wildman–Crippen MR) is 76.9 cm³/mol. The maximum absolute atomic E-state index is 11.8. The first-order valence-corrected chi connectivity index (χ1v) is 6.77. The van der Waals surface area contributed by atoms with E-state index >= 15 is 0 Å². The zero-order valence-electron chi connectivity index (χ0n) is 10.9. The molecule has 0 radical (unpaired) electrons. The van der Waals surface area contributed by atoms with Gasteiger partial charge in [0.05, 0.1) is 6.54 Å². The first-order chi connectivity index (χ1) is 9.04. The summed E-state index contributed by atoms with van der Waals surface area (Å²) in [6.45, 7) is 4.26. The number of carbonyl (C=O) groups excluding carboxylic acids is 1. The Kier molecular flexibility index (Phi) is 4.31. The fourth-order valence-corrected chi connectivity index (χ4v) is 2.00. The Morgan fingerprint density at radius 3 is 2.58 bits per heavy atom. The molecular formula is C13H15BrN4O. The Hall–Kier alpha value is -1.69. The highest BCUT2D eigenvalue weighted by atomic mass is 79.9. The predicted octanol–water partition coefficient (Wildman–Crippen LogP) is 2.69. The van der Waals surface area contributed by atoms with Crippen molar-refractivity contribution in [3.05, 3.63) is 40.4 Å². The van der Waals surface area contributed by atoms with Crippen LogP contribution >= 0.6 is 15.9 Å². The lowest BCUT2D eigenvalue weighted by molar-refractivity contribution is -0.116. The normalized spacial score (nSPS) is 10.5. The van der Waals surface area contributed by atoms with Gasteiger partial charge in [0, 0.05) is 16.6 Å². The van der Waals surface area contributed by atoms with E-state index in [0.29, 0.717) is 13.0 Å². The molecule has 0 aliphatic carbocycles. The number of nitrogens with zero attached hydrogens (tertiary/aromatic N) is 3. The molecule has 0 atom stereocenters. The molecule has 0 spiro atoms. The van der Waals surface area contributed by atoms with Crippen LogP contribution in [0.5, 0.6) is 0 Å². The molecule has 100 valence electrons. The van der Waals surface area contributed by atoms with Crippen molar-refractivity contribution in [1.29, 1.82) is 0 Å². The molecule has 2 rings (SSSR count). The number of carbonyl (C=O) groups is 1. The molecule has 5 nitrogen and oxygen atoms in total. The molecule has 1 aromatic carbocycles. The minimum absolute atomic E-state index is 0.0325. The van der Waals surface area contributed by atoms with Crippen molar-refractivity contribution >= 4 is 27.5 Å². The number of aromatic nitrogens is 3. The first-order valence-electron chi connectivity index (χ1n) is 5.98. The van der Waals surface area contributed by atoms with E-state index in [-0.39, 0.29) is 5.91 Å². The number of hydrogen-bond donors (Lipinski definition) is 1. The van der Waals surface area contributed by atoms with Crippen molar-refractivity contribution < 1.29 is 4.79 Å². The highest BCUT2D eigenvalue weighted by Gasteiger charge is 2.06. The molecule has 0 saturated heterocycles. The van der Waals surface area contributed by atoms with E-state index in [4.69, 9.17) is 0 Å². The molecule has 1 N–H and O–H groups in total. The van der Waals surface area contributed by atoms with Crippen LogP contribution < -0.4 is 5.32 Å². The van der Waals surface area contributed by atoms with Gasteiger partial charge in [-0.15, -0.1) is 0 Å². The monoisotopic (exact) mass is 322 g/mol. The second-order valence-electron chi connectivity index (χ2n) is 4.23. The molecule has 0 saturated carbocycles. The summed E-state index contributed by atoms with van der Waals surface area (Å²) in [6, 6.07) is 7.49. The molecule has 2 aromatic rings. The minimum atomic E-state index is -0.0325. The summed E-state index contributed by atoms with van der Waals surface area (Å²) in [5.74, 6) is 1.52. The molecule has 0 aliphatic heterocycles. The third-order valence-corrected chi connectivity index (χ3v) is 3.17. The summed E-state index contributed by atoms with van der Waals surface area (Å²) < 4.78 is 2.73. The van der Waals surface area contributed by atoms with E-state index in [1.54, 1.807) is 4.68 Å². The van der Waals surface area contributed by atoms with Gasteiger partial charge in [0.1, 0.15) is 11.6 Å². The van der Waals surface area contributed by atoms with Gasteiger partial charge in [0.15, 0.2) is 0 Å². The van der Waals surface area contributed by atoms with Crippen molar-refractivity contribution in [2.45, 2.75) is 26.8 Å². The maximum Gasteiger partial charge on any atom is 0.226 e. The van der Waals surface area contributed by atoms with Crippen LogP contribution in [0.1, 0.15) is 18.1 Å². The smallest absolute Gasteiger partial charge is 0.226 e. The topological polar surface area (TPSA) is 59.8 Å². The molecule has 0 fully saturated rings. The molecule has 0 aliphatic rings. The highest BCUT2D eigenvalue weighted by Crippen LogP contribution is 2.14. The lowest BCUT2D eigenvalue weighted by Gasteiger charge is -2.06. The Morgan fingerprint density at radius 2 is 2.00 bits per heavy atom. The van der Waals surface area contributed by atoms with Gasteiger partial charge in [-0.2, -0.15) is 5.10 Å². The third-order valence-electron chi connectivity index (χ3n) is 2.64. The molecule has 1 aromatic heterocycles. The largest absolute Gasteiger partial charge is 0.326 e. The summed E-state index contributed by atoms with van der Waals surface area (Å²) in [7, 11) is 0. The first kappa shape index (κ1) is 13.7. The number of benzene rings is 1. The highest BCUT2D eigenvalue weighted by molar-refractivity contribution is 9.10. The van der Waals surface area contributed by atoms with Crippen LogP contribution in [0.15, 0.2) is 28.7 Å². The zero-order valence-corrected chi connectivity index (χ0v) is 12.4. The number of nitrogens with one attached hydrogen (secondary N) is 1. The van der Waals surface area contributed by atoms with Crippen LogP contribution in [-0.4, -0.2) is 20.7 Å². The number of halogens is 1. The molecule has 0 unspecified atom stereocenters. The van der Waals surface area contributed by atoms with Gasteiger partial charge < -0.3 is 5.32 Å². The van der Waals surface area contributed by atoms with E-state index in [1.807, 2.05) is 38.1 Å². The van der Waals surface area contributed by atoms with Gasteiger partial charge in [0.2, 0.25) is 5.91 Å². The lowest BCUT2D eigenvalue weighted by Crippen LogP contribution is -2.15. The molecule has 0 bridgehead atoms. The lowest BCUT2D eigenvalue weighted by atomic mass is 10.3. The van der Waals surface area contributed by atoms with Gasteiger partial charge in [-0.3, -0.25) is 4.79 Å². The quantitative estimate of drug-likeness (QED) is 0.941. The van der Waals surface area contributed by atoms with Crippen LogP contribution in [0.25, 0.3) is 0 Å². The maximum atomic E-state index is 11.8. The van der Waals surface area contributed by atoms with Crippen LogP contribution in [0.3, 0.4) is 0 Å². The fraction of sp³-hybridized carbons (Fsp3) is 0.308. The summed E-state index contributed by atoms with van der Waals surface area (Å²) >= 11 is 3.35. The molecule has 6 heteroatoms. The van der Waals surface area contributed by atoms with Crippen molar-refractivity contribution in [3.8, 4) is 0 Å². The zero-order chi connectivity index (χ0) is 13.8. The van der Waals surface area contributed by atoms with Crippen LogP contribution in [0.4, 0.5) is 5.69 Å². The summed E-state index contributed by atoms with van der Waals surface area (Å²) in [4.78, 5) is 16.0. The number of hydrogen-bond acceptors (Lipinski definition) is 3. The van der Waals surface area contributed by atoms with Gasteiger partial charge in [-0.25, -0.2) is 9.67 Å². The second-order valence-corrected chi connectivity index (χ2v) is 5.15. The van der Waals surface area contributed by atoms with Crippen LogP contribution in [0, 0.1) is 13.8 Å². The van der Waals surface area contributed by atoms with Gasteiger partial charge in [-0.05, 0) is 38.1 Å². The summed E-state index contributed by atoms with van der Waals surface area (Å²) in [5.41, 5.74) is 0.791. The summed E-state index contributed by atoms with van der Waals surface area (Å²) in [5, 5.41) is 7.06. The summed E-state index contributed by atoms with van der Waals surface area (Å²) in [6.07, 6.45) is 0.375. The molecular weight excluding hydrogens is 308 g/mol. The Labute approximate surface area is 120 Å². The van der Waals surface area contributed by atoms with Crippen molar-refractivity contribution in [2.75, 3.05) is 5.32 Å². The third kappa shape index (κ3) is 3.89. The number of anilines is 1. The number of aryl methyl sites for hydroxylation is 3. The molecule has 1 amide bonds. The van der Waals surface area contributed by atoms with Crippen molar-refractivity contribution in [1.82, 2.24) is 14.8 Å². The van der Waals surface area contributed by atoms with E-state index in [1.165, 1.54) is 0 Å². The van der Waals surface area contributed by atoms with E-state index in [0.717, 1.165) is 21.8 Å².